The summed E-state index contributed by atoms with van der Waals surface area (Å²) in [7, 11) is 1.57. The number of benzene rings is 1. The minimum Gasteiger partial charge on any atom is -0.337 e. The van der Waals surface area contributed by atoms with Crippen molar-refractivity contribution >= 4 is 11.2 Å². The molecule has 0 N–H and O–H groups in total. The average molecular weight is 389 g/mol. The Balaban J connectivity index is 1.85. The molecule has 0 amide bonds. The molecule has 0 aliphatic rings. The zero-order chi connectivity index (χ0) is 20.1. The number of nitrogens with zero attached hydrogens (tertiary/aromatic N) is 5. The Morgan fingerprint density at radius 1 is 1.18 bits per heavy atom. The number of hydrogen-bond donors (Lipinski definition) is 0. The largest absolute Gasteiger partial charge is 0.416 e. The third kappa shape index (κ3) is 3.06. The first-order chi connectivity index (χ1) is 13.2. The minimum atomic E-state index is -4.45. The topological polar surface area (TPSA) is 78.7 Å². The highest BCUT2D eigenvalue weighted by molar-refractivity contribution is 5.79. The Kier molecular flexibility index (Phi) is 4.06. The van der Waals surface area contributed by atoms with Gasteiger partial charge in [-0.25, -0.2) is 9.78 Å². The number of pyridine rings is 1. The molecule has 0 bridgehead atoms. The number of hydrogen-bond acceptors (Lipinski definition) is 5. The molecule has 10 heteroatoms. The Hall–Kier alpha value is -3.43. The van der Waals surface area contributed by atoms with Gasteiger partial charge in [0.05, 0.1) is 11.1 Å². The first kappa shape index (κ1) is 18.0. The van der Waals surface area contributed by atoms with Gasteiger partial charge < -0.3 is 4.52 Å². The molecule has 0 spiro atoms. The van der Waals surface area contributed by atoms with E-state index in [1.807, 2.05) is 0 Å². The normalized spacial score (nSPS) is 12.0. The molecule has 28 heavy (non-hydrogen) atoms. The lowest BCUT2D eigenvalue weighted by Gasteiger charge is -2.09. The highest BCUT2D eigenvalue weighted by Crippen LogP contribution is 2.32. The summed E-state index contributed by atoms with van der Waals surface area (Å²) in [5.74, 6) is 0.683. The van der Waals surface area contributed by atoms with E-state index in [0.717, 1.165) is 12.1 Å². The maximum atomic E-state index is 13.0. The highest BCUT2D eigenvalue weighted by Gasteiger charge is 2.30. The fraction of sp³-hybridized carbons (Fsp3) is 0.222. The van der Waals surface area contributed by atoms with Gasteiger partial charge in [0.15, 0.2) is 11.5 Å². The fourth-order valence-corrected chi connectivity index (χ4v) is 3.00. The molecule has 3 aromatic heterocycles. The molecule has 7 nitrogen and oxygen atoms in total. The summed E-state index contributed by atoms with van der Waals surface area (Å²) in [6, 6.07) is 6.58. The van der Waals surface area contributed by atoms with Gasteiger partial charge in [0, 0.05) is 18.8 Å². The van der Waals surface area contributed by atoms with E-state index >= 15 is 0 Å². The molecular weight excluding hydrogens is 375 g/mol. The van der Waals surface area contributed by atoms with Crippen LogP contribution in [-0.4, -0.2) is 24.3 Å². The third-order valence-corrected chi connectivity index (χ3v) is 4.36. The molecule has 0 saturated carbocycles. The van der Waals surface area contributed by atoms with Crippen LogP contribution in [0.3, 0.4) is 0 Å². The first-order valence-corrected chi connectivity index (χ1v) is 8.26. The SMILES string of the molecule is Cc1noc(Cn2c(=O)n(C)c3ncc(-c4cccc(C(F)(F)F)c4)cc32)n1. The van der Waals surface area contributed by atoms with Crippen molar-refractivity contribution in [2.45, 2.75) is 19.6 Å². The van der Waals surface area contributed by atoms with Gasteiger partial charge in [-0.1, -0.05) is 17.3 Å². The van der Waals surface area contributed by atoms with Crippen LogP contribution in [0.4, 0.5) is 13.2 Å². The van der Waals surface area contributed by atoms with Gasteiger partial charge in [0.2, 0.25) is 5.89 Å². The van der Waals surface area contributed by atoms with Gasteiger partial charge >= 0.3 is 11.9 Å². The van der Waals surface area contributed by atoms with Crippen molar-refractivity contribution in [3.05, 3.63) is 64.3 Å². The van der Waals surface area contributed by atoms with E-state index in [1.165, 1.54) is 21.4 Å². The van der Waals surface area contributed by atoms with Crippen molar-refractivity contribution in [2.24, 2.45) is 7.05 Å². The van der Waals surface area contributed by atoms with Gasteiger partial charge in [-0.3, -0.25) is 9.13 Å². The number of aromatic nitrogens is 5. The molecular formula is C18H14F3N5O2. The van der Waals surface area contributed by atoms with Crippen LogP contribution in [0.5, 0.6) is 0 Å². The first-order valence-electron chi connectivity index (χ1n) is 8.26. The highest BCUT2D eigenvalue weighted by atomic mass is 19.4. The summed E-state index contributed by atoms with van der Waals surface area (Å²) in [5.41, 5.74) is 0.562. The maximum Gasteiger partial charge on any atom is 0.416 e. The van der Waals surface area contributed by atoms with Crippen LogP contribution >= 0.6 is 0 Å². The lowest BCUT2D eigenvalue weighted by Crippen LogP contribution is -2.22. The van der Waals surface area contributed by atoms with E-state index in [1.54, 1.807) is 26.1 Å². The molecule has 144 valence electrons. The Bertz CT molecular complexity index is 1240. The quantitative estimate of drug-likeness (QED) is 0.538. The molecule has 0 atom stereocenters. The van der Waals surface area contributed by atoms with Crippen molar-refractivity contribution in [1.29, 1.82) is 0 Å². The zero-order valence-electron chi connectivity index (χ0n) is 14.9. The maximum absolute atomic E-state index is 13.0. The van der Waals surface area contributed by atoms with Crippen molar-refractivity contribution in [1.82, 2.24) is 24.3 Å². The summed E-state index contributed by atoms with van der Waals surface area (Å²) in [6.07, 6.45) is -3.00. The van der Waals surface area contributed by atoms with Crippen LogP contribution in [0, 0.1) is 6.92 Å². The standard InChI is InChI=1S/C18H14F3N5O2/c1-10-23-15(28-24-10)9-26-14-7-12(8-22-16(14)25(2)17(26)27)11-4-3-5-13(6-11)18(19,20)21/h3-8H,9H2,1-2H3. The van der Waals surface area contributed by atoms with Crippen LogP contribution in [0.2, 0.25) is 0 Å². The molecule has 0 radical (unpaired) electrons. The van der Waals surface area contributed by atoms with Crippen LogP contribution in [0.25, 0.3) is 22.3 Å². The second-order valence-electron chi connectivity index (χ2n) is 6.31. The molecule has 3 heterocycles. The van der Waals surface area contributed by atoms with Crippen molar-refractivity contribution in [3.8, 4) is 11.1 Å². The van der Waals surface area contributed by atoms with Gasteiger partial charge in [0.1, 0.15) is 6.54 Å². The number of halogens is 3. The van der Waals surface area contributed by atoms with Crippen LogP contribution in [0.15, 0.2) is 45.8 Å². The van der Waals surface area contributed by atoms with Gasteiger partial charge in [-0.15, -0.1) is 0 Å². The second-order valence-corrected chi connectivity index (χ2v) is 6.31. The Morgan fingerprint density at radius 3 is 2.64 bits per heavy atom. The molecule has 4 aromatic rings. The summed E-state index contributed by atoms with van der Waals surface area (Å²) in [4.78, 5) is 20.9. The molecule has 0 fully saturated rings. The molecule has 0 aliphatic heterocycles. The summed E-state index contributed by atoms with van der Waals surface area (Å²) in [6.45, 7) is 1.69. The lowest BCUT2D eigenvalue weighted by molar-refractivity contribution is -0.137. The van der Waals surface area contributed by atoms with E-state index in [4.69, 9.17) is 4.52 Å². The van der Waals surface area contributed by atoms with Crippen LogP contribution in [-0.2, 0) is 19.8 Å². The van der Waals surface area contributed by atoms with E-state index in [-0.39, 0.29) is 18.1 Å². The fourth-order valence-electron chi connectivity index (χ4n) is 3.00. The van der Waals surface area contributed by atoms with Gasteiger partial charge in [-0.05, 0) is 30.7 Å². The van der Waals surface area contributed by atoms with Gasteiger partial charge in [-0.2, -0.15) is 18.2 Å². The summed E-state index contributed by atoms with van der Waals surface area (Å²) in [5, 5.41) is 3.70. The van der Waals surface area contributed by atoms with E-state index in [2.05, 4.69) is 15.1 Å². The minimum absolute atomic E-state index is 0.0325. The van der Waals surface area contributed by atoms with E-state index < -0.39 is 11.7 Å². The molecule has 0 unspecified atom stereocenters. The number of rotatable bonds is 3. The third-order valence-electron chi connectivity index (χ3n) is 4.36. The second kappa shape index (κ2) is 6.32. The predicted molar refractivity (Wildman–Crippen MR) is 93.5 cm³/mol. The molecule has 0 aliphatic carbocycles. The molecule has 0 saturated heterocycles. The van der Waals surface area contributed by atoms with Crippen molar-refractivity contribution in [3.63, 3.8) is 0 Å². The summed E-state index contributed by atoms with van der Waals surface area (Å²) >= 11 is 0. The molecule has 4 rings (SSSR count). The van der Waals surface area contributed by atoms with E-state index in [0.29, 0.717) is 28.1 Å². The molecule has 1 aromatic carbocycles. The Labute approximate surface area is 156 Å². The zero-order valence-corrected chi connectivity index (χ0v) is 14.9. The number of imidazole rings is 1. The lowest BCUT2D eigenvalue weighted by atomic mass is 10.0. The van der Waals surface area contributed by atoms with Crippen LogP contribution < -0.4 is 5.69 Å². The number of alkyl halides is 3. The monoisotopic (exact) mass is 389 g/mol. The van der Waals surface area contributed by atoms with Crippen molar-refractivity contribution < 1.29 is 17.7 Å². The number of fused-ring (bicyclic) bond motifs is 1. The average Bonchev–Trinajstić information content (AvgIpc) is 3.18. The smallest absolute Gasteiger partial charge is 0.337 e. The van der Waals surface area contributed by atoms with E-state index in [9.17, 15) is 18.0 Å². The van der Waals surface area contributed by atoms with Crippen molar-refractivity contribution in [2.75, 3.05) is 0 Å². The van der Waals surface area contributed by atoms with Gasteiger partial charge in [0.25, 0.3) is 0 Å². The van der Waals surface area contributed by atoms with Crippen LogP contribution in [0.1, 0.15) is 17.3 Å². The predicted octanol–water partition coefficient (Wildman–Crippen LogP) is 3.16. The summed E-state index contributed by atoms with van der Waals surface area (Å²) < 4.78 is 46.9. The number of aryl methyl sites for hydroxylation is 2. The Morgan fingerprint density at radius 2 is 1.96 bits per heavy atom.